The van der Waals surface area contributed by atoms with Crippen LogP contribution in [0.3, 0.4) is 0 Å². The van der Waals surface area contributed by atoms with Gasteiger partial charge in [-0.25, -0.2) is 0 Å². The van der Waals surface area contributed by atoms with Crippen LogP contribution in [0.1, 0.15) is 31.7 Å². The fourth-order valence-corrected chi connectivity index (χ4v) is 5.42. The number of anilines is 1. The van der Waals surface area contributed by atoms with Crippen LogP contribution >= 0.6 is 15.9 Å². The van der Waals surface area contributed by atoms with E-state index in [1.807, 2.05) is 6.92 Å². The Morgan fingerprint density at radius 3 is 2.48 bits per heavy atom. The average Bonchev–Trinajstić information content (AvgIpc) is 2.79. The van der Waals surface area contributed by atoms with Gasteiger partial charge in [0.2, 0.25) is 0 Å². The van der Waals surface area contributed by atoms with Gasteiger partial charge in [-0.3, -0.25) is 4.90 Å². The van der Waals surface area contributed by atoms with Gasteiger partial charge in [0.1, 0.15) is 5.75 Å². The Kier molecular flexibility index (Phi) is 7.91. The van der Waals surface area contributed by atoms with Crippen LogP contribution < -0.4 is 9.64 Å². The number of benzene rings is 2. The molecule has 31 heavy (non-hydrogen) atoms. The fourth-order valence-electron chi connectivity index (χ4n) is 5.01. The lowest BCUT2D eigenvalue weighted by Crippen LogP contribution is -2.53. The van der Waals surface area contributed by atoms with Crippen molar-refractivity contribution in [3.63, 3.8) is 0 Å². The zero-order valence-electron chi connectivity index (χ0n) is 19.0. The van der Waals surface area contributed by atoms with Crippen LogP contribution in [-0.4, -0.2) is 62.3 Å². The molecule has 2 aromatic rings. The Balaban J connectivity index is 1.24. The number of ether oxygens (including phenoxy) is 1. The number of piperidine rings is 1. The van der Waals surface area contributed by atoms with Crippen LogP contribution in [0.25, 0.3) is 0 Å². The molecule has 2 aromatic carbocycles. The molecule has 0 amide bonds. The maximum atomic E-state index is 5.70. The van der Waals surface area contributed by atoms with Gasteiger partial charge in [-0.15, -0.1) is 0 Å². The molecule has 2 saturated heterocycles. The van der Waals surface area contributed by atoms with Gasteiger partial charge < -0.3 is 14.5 Å². The van der Waals surface area contributed by atoms with Gasteiger partial charge >= 0.3 is 0 Å². The second-order valence-electron chi connectivity index (χ2n) is 9.07. The zero-order valence-corrected chi connectivity index (χ0v) is 20.6. The predicted octanol–water partition coefficient (Wildman–Crippen LogP) is 5.27. The maximum absolute atomic E-state index is 5.70. The fraction of sp³-hybridized carbons (Fsp3) is 0.538. The number of nitrogens with zero attached hydrogens (tertiary/aromatic N) is 3. The van der Waals surface area contributed by atoms with Crippen LogP contribution in [0.5, 0.6) is 5.75 Å². The molecule has 0 aliphatic carbocycles. The van der Waals surface area contributed by atoms with Crippen LogP contribution in [0, 0.1) is 5.92 Å². The van der Waals surface area contributed by atoms with Crippen molar-refractivity contribution in [1.29, 1.82) is 0 Å². The second kappa shape index (κ2) is 10.8. The molecule has 2 aliphatic heterocycles. The summed E-state index contributed by atoms with van der Waals surface area (Å²) in [5.41, 5.74) is 2.73. The Morgan fingerprint density at radius 1 is 1.00 bits per heavy atom. The van der Waals surface area contributed by atoms with Crippen LogP contribution in [0.15, 0.2) is 53.0 Å². The van der Waals surface area contributed by atoms with E-state index in [2.05, 4.69) is 86.2 Å². The highest BCUT2D eigenvalue weighted by molar-refractivity contribution is 9.10. The summed E-state index contributed by atoms with van der Waals surface area (Å²) in [6.07, 6.45) is 4.96. The minimum Gasteiger partial charge on any atom is -0.494 e. The van der Waals surface area contributed by atoms with E-state index in [-0.39, 0.29) is 0 Å². The summed E-state index contributed by atoms with van der Waals surface area (Å²) in [4.78, 5) is 7.73. The van der Waals surface area contributed by atoms with E-state index in [0.29, 0.717) is 6.04 Å². The van der Waals surface area contributed by atoms with E-state index in [1.54, 1.807) is 0 Å². The standard InChI is InChI=1S/C26H36BrN3O/c1-3-31-25-9-10-26(27)22(18-25)17-21-11-14-29(15-12-21)19-24-13-16-30(20-28(24)2)23-7-5-4-6-8-23/h4-10,18,21,24H,3,11-17,19-20H2,1-2H3. The number of hydrogen-bond donors (Lipinski definition) is 0. The molecule has 168 valence electrons. The molecule has 0 radical (unpaired) electrons. The van der Waals surface area contributed by atoms with Gasteiger partial charge in [0, 0.05) is 29.3 Å². The molecule has 5 heteroatoms. The lowest BCUT2D eigenvalue weighted by Gasteiger charge is -2.43. The summed E-state index contributed by atoms with van der Waals surface area (Å²) in [5.74, 6) is 1.75. The third-order valence-electron chi connectivity index (χ3n) is 6.88. The topological polar surface area (TPSA) is 19.0 Å². The monoisotopic (exact) mass is 485 g/mol. The largest absolute Gasteiger partial charge is 0.494 e. The van der Waals surface area contributed by atoms with Crippen molar-refractivity contribution in [1.82, 2.24) is 9.80 Å². The van der Waals surface area contributed by atoms with Gasteiger partial charge in [-0.2, -0.15) is 0 Å². The van der Waals surface area contributed by atoms with Crippen LogP contribution in [0.2, 0.25) is 0 Å². The molecule has 4 rings (SSSR count). The second-order valence-corrected chi connectivity index (χ2v) is 9.93. The van der Waals surface area contributed by atoms with Gasteiger partial charge in [-0.05, 0) is 94.6 Å². The molecule has 2 aliphatic rings. The summed E-state index contributed by atoms with van der Waals surface area (Å²) in [6.45, 7) is 8.59. The van der Waals surface area contributed by atoms with Gasteiger partial charge in [0.15, 0.2) is 0 Å². The quantitative estimate of drug-likeness (QED) is 0.531. The first kappa shape index (κ1) is 22.6. The van der Waals surface area contributed by atoms with Crippen molar-refractivity contribution in [3.05, 3.63) is 58.6 Å². The Morgan fingerprint density at radius 2 is 1.77 bits per heavy atom. The van der Waals surface area contributed by atoms with Gasteiger partial charge in [0.25, 0.3) is 0 Å². The number of likely N-dealkylation sites (tertiary alicyclic amines) is 1. The summed E-state index contributed by atoms with van der Waals surface area (Å²) in [7, 11) is 2.29. The lowest BCUT2D eigenvalue weighted by molar-refractivity contribution is 0.109. The highest BCUT2D eigenvalue weighted by atomic mass is 79.9. The van der Waals surface area contributed by atoms with Crippen molar-refractivity contribution in [2.24, 2.45) is 5.92 Å². The Hall–Kier alpha value is -1.56. The first-order chi connectivity index (χ1) is 15.1. The summed E-state index contributed by atoms with van der Waals surface area (Å²) in [6, 6.07) is 17.9. The molecular formula is C26H36BrN3O. The van der Waals surface area contributed by atoms with Crippen molar-refractivity contribution in [2.75, 3.05) is 51.4 Å². The van der Waals surface area contributed by atoms with E-state index < -0.39 is 0 Å². The molecule has 0 saturated carbocycles. The maximum Gasteiger partial charge on any atom is 0.119 e. The van der Waals surface area contributed by atoms with Crippen molar-refractivity contribution in [3.8, 4) is 5.75 Å². The van der Waals surface area contributed by atoms with Crippen molar-refractivity contribution < 1.29 is 4.74 Å². The Labute approximate surface area is 196 Å². The molecule has 1 unspecified atom stereocenters. The first-order valence-corrected chi connectivity index (χ1v) is 12.6. The lowest BCUT2D eigenvalue weighted by atomic mass is 9.90. The number of para-hydroxylation sites is 1. The summed E-state index contributed by atoms with van der Waals surface area (Å²) >= 11 is 3.74. The SMILES string of the molecule is CCOc1ccc(Br)c(CC2CCN(CC3CCN(c4ccccc4)CN3C)CC2)c1. The molecule has 0 aromatic heterocycles. The highest BCUT2D eigenvalue weighted by Crippen LogP contribution is 2.29. The molecule has 2 fully saturated rings. The summed E-state index contributed by atoms with van der Waals surface area (Å²) < 4.78 is 6.91. The number of likely N-dealkylation sites (N-methyl/N-ethyl adjacent to an activating group) is 1. The zero-order chi connectivity index (χ0) is 21.6. The van der Waals surface area contributed by atoms with Crippen molar-refractivity contribution in [2.45, 2.75) is 38.6 Å². The molecule has 0 spiro atoms. The van der Waals surface area contributed by atoms with Crippen LogP contribution in [-0.2, 0) is 6.42 Å². The van der Waals surface area contributed by atoms with Gasteiger partial charge in [-0.1, -0.05) is 34.1 Å². The number of hydrogen-bond acceptors (Lipinski definition) is 4. The first-order valence-electron chi connectivity index (χ1n) is 11.8. The highest BCUT2D eigenvalue weighted by Gasteiger charge is 2.28. The van der Waals surface area contributed by atoms with E-state index in [4.69, 9.17) is 4.74 Å². The van der Waals surface area contributed by atoms with E-state index in [1.165, 1.54) is 54.6 Å². The number of rotatable bonds is 7. The van der Waals surface area contributed by atoms with E-state index in [0.717, 1.165) is 37.9 Å². The molecular weight excluding hydrogens is 450 g/mol. The Bertz CT molecular complexity index is 823. The smallest absolute Gasteiger partial charge is 0.119 e. The molecule has 0 bridgehead atoms. The van der Waals surface area contributed by atoms with E-state index in [9.17, 15) is 0 Å². The predicted molar refractivity (Wildman–Crippen MR) is 133 cm³/mol. The third-order valence-corrected chi connectivity index (χ3v) is 7.66. The van der Waals surface area contributed by atoms with Gasteiger partial charge in [0.05, 0.1) is 13.3 Å². The van der Waals surface area contributed by atoms with E-state index >= 15 is 0 Å². The summed E-state index contributed by atoms with van der Waals surface area (Å²) in [5, 5.41) is 0. The average molecular weight is 486 g/mol. The van der Waals surface area contributed by atoms with Crippen molar-refractivity contribution >= 4 is 21.6 Å². The molecule has 2 heterocycles. The minimum absolute atomic E-state index is 0.661. The minimum atomic E-state index is 0.661. The number of halogens is 1. The third kappa shape index (κ3) is 6.03. The molecule has 0 N–H and O–H groups in total. The van der Waals surface area contributed by atoms with Crippen LogP contribution in [0.4, 0.5) is 5.69 Å². The molecule has 4 nitrogen and oxygen atoms in total. The molecule has 1 atom stereocenters. The normalized spacial score (nSPS) is 21.4.